The summed E-state index contributed by atoms with van der Waals surface area (Å²) in [6.07, 6.45) is 2.88. The Hall–Kier alpha value is -3.19. The largest absolute Gasteiger partial charge is 0.444 e. The number of nitro groups is 1. The van der Waals surface area contributed by atoms with E-state index in [-0.39, 0.29) is 18.9 Å². The Balaban J connectivity index is 1.75. The second-order valence-corrected chi connectivity index (χ2v) is 6.91. The molecule has 0 saturated carbocycles. The van der Waals surface area contributed by atoms with Gasteiger partial charge in [0.15, 0.2) is 0 Å². The number of hydrogen-bond donors (Lipinski definition) is 0. The lowest BCUT2D eigenvalue weighted by Crippen LogP contribution is -2.47. The number of rotatable bonds is 5. The Labute approximate surface area is 163 Å². The fraction of sp³-hybridized carbons (Fsp3) is 0.286. The number of ether oxygens (including phenoxy) is 2. The quantitative estimate of drug-likeness (QED) is 0.566. The lowest BCUT2D eigenvalue weighted by molar-refractivity contribution is -0.385. The van der Waals surface area contributed by atoms with Crippen molar-refractivity contribution in [3.63, 3.8) is 0 Å². The molecule has 1 amide bonds. The van der Waals surface area contributed by atoms with Crippen molar-refractivity contribution in [2.45, 2.75) is 32.2 Å². The van der Waals surface area contributed by atoms with Crippen LogP contribution in [0.15, 0.2) is 60.7 Å². The summed E-state index contributed by atoms with van der Waals surface area (Å²) in [6, 6.07) is 15.5. The number of para-hydroxylation sites is 1. The van der Waals surface area contributed by atoms with E-state index in [1.807, 2.05) is 30.3 Å². The van der Waals surface area contributed by atoms with Gasteiger partial charge in [-0.3, -0.25) is 15.0 Å². The van der Waals surface area contributed by atoms with Crippen LogP contribution in [0.5, 0.6) is 0 Å². The van der Waals surface area contributed by atoms with E-state index < -0.39 is 22.8 Å². The zero-order valence-electron chi connectivity index (χ0n) is 15.8. The van der Waals surface area contributed by atoms with Gasteiger partial charge in [-0.2, -0.15) is 0 Å². The fourth-order valence-corrected chi connectivity index (χ4v) is 3.13. The van der Waals surface area contributed by atoms with Gasteiger partial charge >= 0.3 is 6.09 Å². The lowest BCUT2D eigenvalue weighted by Gasteiger charge is -2.31. The molecule has 0 unspecified atom stereocenters. The minimum absolute atomic E-state index is 0.00938. The van der Waals surface area contributed by atoms with Gasteiger partial charge in [-0.05, 0) is 31.6 Å². The fourth-order valence-electron chi connectivity index (χ4n) is 3.13. The molecule has 0 radical (unpaired) electrons. The third-order valence-corrected chi connectivity index (χ3v) is 4.55. The Kier molecular flexibility index (Phi) is 5.75. The lowest BCUT2D eigenvalue weighted by atomic mass is 10.1. The van der Waals surface area contributed by atoms with Crippen LogP contribution in [-0.4, -0.2) is 34.3 Å². The minimum atomic E-state index is -0.842. The van der Waals surface area contributed by atoms with Gasteiger partial charge in [-0.1, -0.05) is 48.5 Å². The molecule has 7 nitrogen and oxygen atoms in total. The molecule has 146 valence electrons. The maximum Gasteiger partial charge on any atom is 0.412 e. The van der Waals surface area contributed by atoms with Crippen molar-refractivity contribution in [1.82, 2.24) is 4.90 Å². The maximum absolute atomic E-state index is 12.7. The SMILES string of the molecule is CC1(C)OC[C@@H](/C=C/c2ccccc2[N+](=O)[O-])N1C(=O)OCc1ccccc1. The predicted octanol–water partition coefficient (Wildman–Crippen LogP) is 4.38. The predicted molar refractivity (Wildman–Crippen MR) is 104 cm³/mol. The van der Waals surface area contributed by atoms with Crippen LogP contribution in [0.3, 0.4) is 0 Å². The first-order chi connectivity index (χ1) is 13.4. The van der Waals surface area contributed by atoms with Crippen molar-refractivity contribution >= 4 is 17.9 Å². The molecule has 1 saturated heterocycles. The van der Waals surface area contributed by atoms with Crippen LogP contribution in [0.1, 0.15) is 25.0 Å². The third-order valence-electron chi connectivity index (χ3n) is 4.55. The Morgan fingerprint density at radius 2 is 1.93 bits per heavy atom. The van der Waals surface area contributed by atoms with Gasteiger partial charge in [0.1, 0.15) is 12.3 Å². The molecule has 0 spiro atoms. The van der Waals surface area contributed by atoms with Gasteiger partial charge < -0.3 is 9.47 Å². The molecular weight excluding hydrogens is 360 g/mol. The van der Waals surface area contributed by atoms with Crippen molar-refractivity contribution in [1.29, 1.82) is 0 Å². The second-order valence-electron chi connectivity index (χ2n) is 6.91. The molecule has 1 aliphatic rings. The maximum atomic E-state index is 12.7. The summed E-state index contributed by atoms with van der Waals surface area (Å²) in [5.74, 6) is 0. The summed E-state index contributed by atoms with van der Waals surface area (Å²) >= 11 is 0. The Bertz CT molecular complexity index is 879. The molecule has 3 rings (SSSR count). The molecule has 0 aromatic heterocycles. The number of benzene rings is 2. The number of carbonyl (C=O) groups is 1. The van der Waals surface area contributed by atoms with Crippen LogP contribution in [0.2, 0.25) is 0 Å². The first kappa shape index (κ1) is 19.6. The summed E-state index contributed by atoms with van der Waals surface area (Å²) in [6.45, 7) is 4.02. The van der Waals surface area contributed by atoms with Gasteiger partial charge in [0, 0.05) is 6.07 Å². The van der Waals surface area contributed by atoms with Crippen molar-refractivity contribution in [2.75, 3.05) is 6.61 Å². The summed E-state index contributed by atoms with van der Waals surface area (Å²) in [7, 11) is 0. The molecule has 1 fully saturated rings. The van der Waals surface area contributed by atoms with E-state index in [0.29, 0.717) is 5.56 Å². The highest BCUT2D eigenvalue weighted by atomic mass is 16.6. The van der Waals surface area contributed by atoms with Crippen molar-refractivity contribution in [3.8, 4) is 0 Å². The van der Waals surface area contributed by atoms with Crippen LogP contribution in [0.25, 0.3) is 6.08 Å². The zero-order valence-corrected chi connectivity index (χ0v) is 15.8. The molecule has 1 atom stereocenters. The summed E-state index contributed by atoms with van der Waals surface area (Å²) in [4.78, 5) is 25.0. The molecule has 2 aromatic rings. The average Bonchev–Trinajstić information content (AvgIpc) is 2.99. The highest BCUT2D eigenvalue weighted by molar-refractivity contribution is 5.70. The standard InChI is InChI=1S/C21H22N2O5/c1-21(2)22(20(24)27-14-16-8-4-3-5-9-16)18(15-28-21)13-12-17-10-6-7-11-19(17)23(25)26/h3-13,18H,14-15H2,1-2H3/b13-12+/t18-/m1/s1. The van der Waals surface area contributed by atoms with Crippen molar-refractivity contribution in [2.24, 2.45) is 0 Å². The zero-order chi connectivity index (χ0) is 20.1. The molecular formula is C21H22N2O5. The summed E-state index contributed by atoms with van der Waals surface area (Å²) in [5, 5.41) is 11.2. The summed E-state index contributed by atoms with van der Waals surface area (Å²) < 4.78 is 11.2. The Morgan fingerprint density at radius 3 is 2.64 bits per heavy atom. The van der Waals surface area contributed by atoms with Gasteiger partial charge in [-0.25, -0.2) is 4.79 Å². The Morgan fingerprint density at radius 1 is 1.25 bits per heavy atom. The van der Waals surface area contributed by atoms with Crippen molar-refractivity contribution in [3.05, 3.63) is 81.9 Å². The van der Waals surface area contributed by atoms with E-state index in [9.17, 15) is 14.9 Å². The molecule has 2 aromatic carbocycles. The monoisotopic (exact) mass is 382 g/mol. The smallest absolute Gasteiger partial charge is 0.412 e. The van der Waals surface area contributed by atoms with E-state index in [1.54, 1.807) is 44.2 Å². The molecule has 0 bridgehead atoms. The molecule has 1 aliphatic heterocycles. The first-order valence-corrected chi connectivity index (χ1v) is 8.94. The van der Waals surface area contributed by atoms with E-state index in [2.05, 4.69) is 0 Å². The minimum Gasteiger partial charge on any atom is -0.444 e. The summed E-state index contributed by atoms with van der Waals surface area (Å²) in [5.41, 5.74) is 0.525. The molecule has 7 heteroatoms. The number of nitro benzene ring substituents is 1. The van der Waals surface area contributed by atoms with Crippen LogP contribution in [-0.2, 0) is 16.1 Å². The van der Waals surface area contributed by atoms with Crippen LogP contribution >= 0.6 is 0 Å². The normalized spacial score (nSPS) is 18.4. The van der Waals surface area contributed by atoms with Gasteiger partial charge in [0.25, 0.3) is 5.69 Å². The molecule has 1 heterocycles. The highest BCUT2D eigenvalue weighted by Gasteiger charge is 2.43. The van der Waals surface area contributed by atoms with E-state index in [1.165, 1.54) is 11.0 Å². The van der Waals surface area contributed by atoms with Crippen LogP contribution in [0.4, 0.5) is 10.5 Å². The van der Waals surface area contributed by atoms with Crippen molar-refractivity contribution < 1.29 is 19.2 Å². The number of amides is 1. The van der Waals surface area contributed by atoms with Crippen LogP contribution in [0, 0.1) is 10.1 Å². The topological polar surface area (TPSA) is 81.9 Å². The average molecular weight is 382 g/mol. The van der Waals surface area contributed by atoms with E-state index in [4.69, 9.17) is 9.47 Å². The van der Waals surface area contributed by atoms with Gasteiger partial charge in [0.2, 0.25) is 0 Å². The number of carbonyl (C=O) groups excluding carboxylic acids is 1. The van der Waals surface area contributed by atoms with Gasteiger partial charge in [0.05, 0.1) is 23.1 Å². The van der Waals surface area contributed by atoms with E-state index >= 15 is 0 Å². The number of hydrogen-bond acceptors (Lipinski definition) is 5. The highest BCUT2D eigenvalue weighted by Crippen LogP contribution is 2.30. The third kappa shape index (κ3) is 4.37. The second kappa shape index (κ2) is 8.22. The molecule has 28 heavy (non-hydrogen) atoms. The number of nitrogens with zero attached hydrogens (tertiary/aromatic N) is 2. The van der Waals surface area contributed by atoms with Gasteiger partial charge in [-0.15, -0.1) is 0 Å². The molecule has 0 aliphatic carbocycles. The molecule has 0 N–H and O–H groups in total. The van der Waals surface area contributed by atoms with Crippen LogP contribution < -0.4 is 0 Å². The van der Waals surface area contributed by atoms with E-state index in [0.717, 1.165) is 5.56 Å². The first-order valence-electron chi connectivity index (χ1n) is 8.94.